The van der Waals surface area contributed by atoms with Crippen molar-refractivity contribution in [3.63, 3.8) is 0 Å². The average Bonchev–Trinajstić information content (AvgIpc) is 2.91. The van der Waals surface area contributed by atoms with E-state index in [2.05, 4.69) is 17.2 Å². The van der Waals surface area contributed by atoms with Crippen molar-refractivity contribution in [3.8, 4) is 11.8 Å². The smallest absolute Gasteiger partial charge is 0.251 e. The fourth-order valence-electron chi connectivity index (χ4n) is 1.81. The minimum absolute atomic E-state index is 0.0374. The van der Waals surface area contributed by atoms with Crippen LogP contribution in [0.1, 0.15) is 33.9 Å². The standard InChI is InChI=1S/C17H17NO3/c1-13-8-9-16(21-13)12-18-17(20)15-7-4-6-14(11-15)5-2-3-10-19/h4,6-9,11,19H,3,10,12H2,1H3,(H,18,20). The Hall–Kier alpha value is -2.51. The molecule has 0 spiro atoms. The highest BCUT2D eigenvalue weighted by Crippen LogP contribution is 2.07. The highest BCUT2D eigenvalue weighted by molar-refractivity contribution is 5.94. The number of nitrogens with one attached hydrogen (secondary N) is 1. The molecule has 0 saturated heterocycles. The van der Waals surface area contributed by atoms with Gasteiger partial charge in [0, 0.05) is 17.5 Å². The van der Waals surface area contributed by atoms with Crippen LogP contribution in [-0.2, 0) is 6.54 Å². The van der Waals surface area contributed by atoms with Gasteiger partial charge in [-0.3, -0.25) is 4.79 Å². The van der Waals surface area contributed by atoms with Crippen molar-refractivity contribution in [2.45, 2.75) is 19.9 Å². The maximum atomic E-state index is 12.1. The van der Waals surface area contributed by atoms with E-state index in [4.69, 9.17) is 9.52 Å². The summed E-state index contributed by atoms with van der Waals surface area (Å²) >= 11 is 0. The third-order valence-electron chi connectivity index (χ3n) is 2.81. The van der Waals surface area contributed by atoms with Crippen LogP contribution in [0.3, 0.4) is 0 Å². The molecule has 4 nitrogen and oxygen atoms in total. The predicted molar refractivity (Wildman–Crippen MR) is 79.6 cm³/mol. The van der Waals surface area contributed by atoms with Crippen LogP contribution in [0.5, 0.6) is 0 Å². The summed E-state index contributed by atoms with van der Waals surface area (Å²) in [6.07, 6.45) is 0.425. The van der Waals surface area contributed by atoms with E-state index >= 15 is 0 Å². The number of amides is 1. The largest absolute Gasteiger partial charge is 0.465 e. The third kappa shape index (κ3) is 4.51. The third-order valence-corrected chi connectivity index (χ3v) is 2.81. The van der Waals surface area contributed by atoms with Crippen LogP contribution < -0.4 is 5.32 Å². The molecule has 1 heterocycles. The Balaban J connectivity index is 1.99. The summed E-state index contributed by atoms with van der Waals surface area (Å²) in [5.41, 5.74) is 1.30. The van der Waals surface area contributed by atoms with Gasteiger partial charge >= 0.3 is 0 Å². The molecular formula is C17H17NO3. The lowest BCUT2D eigenvalue weighted by molar-refractivity contribution is 0.0948. The normalized spacial score (nSPS) is 9.81. The first-order valence-electron chi connectivity index (χ1n) is 6.72. The SMILES string of the molecule is Cc1ccc(CNC(=O)c2cccc(C#CCCO)c2)o1. The van der Waals surface area contributed by atoms with Gasteiger partial charge in [0.1, 0.15) is 11.5 Å². The Kier molecular flexibility index (Phi) is 5.19. The minimum Gasteiger partial charge on any atom is -0.465 e. The Labute approximate surface area is 123 Å². The zero-order chi connectivity index (χ0) is 15.1. The Morgan fingerprint density at radius 1 is 1.33 bits per heavy atom. The topological polar surface area (TPSA) is 62.5 Å². The summed E-state index contributed by atoms with van der Waals surface area (Å²) in [7, 11) is 0. The number of aliphatic hydroxyl groups excluding tert-OH is 1. The molecule has 0 atom stereocenters. The molecule has 0 aliphatic rings. The zero-order valence-electron chi connectivity index (χ0n) is 11.8. The minimum atomic E-state index is -0.171. The number of hydrogen-bond donors (Lipinski definition) is 2. The summed E-state index contributed by atoms with van der Waals surface area (Å²) in [6, 6.07) is 10.8. The monoisotopic (exact) mass is 283 g/mol. The van der Waals surface area contributed by atoms with Gasteiger partial charge in [-0.05, 0) is 37.3 Å². The predicted octanol–water partition coefficient (Wildman–Crippen LogP) is 2.25. The second-order valence-corrected chi connectivity index (χ2v) is 4.55. The summed E-state index contributed by atoms with van der Waals surface area (Å²) in [5, 5.41) is 11.5. The number of benzene rings is 1. The molecule has 0 radical (unpaired) electrons. The number of hydrogen-bond acceptors (Lipinski definition) is 3. The van der Waals surface area contributed by atoms with Crippen LogP contribution in [0.4, 0.5) is 0 Å². The Morgan fingerprint density at radius 2 is 2.19 bits per heavy atom. The first-order valence-corrected chi connectivity index (χ1v) is 6.72. The summed E-state index contributed by atoms with van der Waals surface area (Å²) < 4.78 is 5.40. The molecule has 0 aliphatic carbocycles. The molecule has 4 heteroatoms. The highest BCUT2D eigenvalue weighted by Gasteiger charge is 2.06. The van der Waals surface area contributed by atoms with Gasteiger partial charge in [0.2, 0.25) is 0 Å². The summed E-state index contributed by atoms with van der Waals surface area (Å²) in [6.45, 7) is 2.25. The molecule has 2 rings (SSSR count). The lowest BCUT2D eigenvalue weighted by Crippen LogP contribution is -2.22. The van der Waals surface area contributed by atoms with E-state index in [1.807, 2.05) is 25.1 Å². The molecule has 0 bridgehead atoms. The lowest BCUT2D eigenvalue weighted by atomic mass is 10.1. The molecule has 21 heavy (non-hydrogen) atoms. The quantitative estimate of drug-likeness (QED) is 0.846. The molecule has 0 unspecified atom stereocenters. The molecule has 0 saturated carbocycles. The molecule has 0 aliphatic heterocycles. The summed E-state index contributed by atoms with van der Waals surface area (Å²) in [4.78, 5) is 12.1. The van der Waals surface area contributed by atoms with E-state index in [0.717, 1.165) is 17.1 Å². The first-order chi connectivity index (χ1) is 10.2. The van der Waals surface area contributed by atoms with Crippen molar-refractivity contribution >= 4 is 5.91 Å². The van der Waals surface area contributed by atoms with Crippen LogP contribution >= 0.6 is 0 Å². The first kappa shape index (κ1) is 14.9. The molecule has 1 aromatic heterocycles. The van der Waals surface area contributed by atoms with Gasteiger partial charge in [-0.15, -0.1) is 0 Å². The van der Waals surface area contributed by atoms with Crippen molar-refractivity contribution in [2.75, 3.05) is 6.61 Å². The van der Waals surface area contributed by atoms with Gasteiger partial charge in [-0.2, -0.15) is 0 Å². The van der Waals surface area contributed by atoms with Gasteiger partial charge in [-0.1, -0.05) is 17.9 Å². The maximum Gasteiger partial charge on any atom is 0.251 e. The number of aryl methyl sites for hydroxylation is 1. The van der Waals surface area contributed by atoms with Crippen LogP contribution in [0.25, 0.3) is 0 Å². The van der Waals surface area contributed by atoms with Crippen LogP contribution in [0.15, 0.2) is 40.8 Å². The van der Waals surface area contributed by atoms with Crippen molar-refractivity contribution in [1.29, 1.82) is 0 Å². The van der Waals surface area contributed by atoms with Gasteiger partial charge in [-0.25, -0.2) is 0 Å². The number of carbonyl (C=O) groups is 1. The number of aliphatic hydroxyl groups is 1. The van der Waals surface area contributed by atoms with Crippen molar-refractivity contribution < 1.29 is 14.3 Å². The second kappa shape index (κ2) is 7.32. The van der Waals surface area contributed by atoms with E-state index < -0.39 is 0 Å². The molecular weight excluding hydrogens is 266 g/mol. The molecule has 108 valence electrons. The lowest BCUT2D eigenvalue weighted by Gasteiger charge is -2.03. The number of rotatable bonds is 4. The fourth-order valence-corrected chi connectivity index (χ4v) is 1.81. The van der Waals surface area contributed by atoms with E-state index in [1.165, 1.54) is 0 Å². The van der Waals surface area contributed by atoms with Crippen molar-refractivity contribution in [2.24, 2.45) is 0 Å². The molecule has 1 aromatic carbocycles. The van der Waals surface area contributed by atoms with Gasteiger partial charge in [0.15, 0.2) is 0 Å². The molecule has 1 amide bonds. The van der Waals surface area contributed by atoms with Crippen LogP contribution in [0.2, 0.25) is 0 Å². The second-order valence-electron chi connectivity index (χ2n) is 4.55. The number of carbonyl (C=O) groups excluding carboxylic acids is 1. The summed E-state index contributed by atoms with van der Waals surface area (Å²) in [5.74, 6) is 7.11. The fraction of sp³-hybridized carbons (Fsp3) is 0.235. The van der Waals surface area contributed by atoms with E-state index in [1.54, 1.807) is 18.2 Å². The maximum absolute atomic E-state index is 12.1. The van der Waals surface area contributed by atoms with E-state index in [9.17, 15) is 4.79 Å². The Bertz CT molecular complexity index is 677. The molecule has 2 aromatic rings. The van der Waals surface area contributed by atoms with Gasteiger partial charge in [0.25, 0.3) is 5.91 Å². The van der Waals surface area contributed by atoms with Crippen molar-refractivity contribution in [3.05, 3.63) is 59.0 Å². The number of furan rings is 1. The molecule has 0 fully saturated rings. The molecule has 2 N–H and O–H groups in total. The van der Waals surface area contributed by atoms with Crippen molar-refractivity contribution in [1.82, 2.24) is 5.32 Å². The van der Waals surface area contributed by atoms with E-state index in [-0.39, 0.29) is 12.5 Å². The van der Waals surface area contributed by atoms with Gasteiger partial charge in [0.05, 0.1) is 13.2 Å². The van der Waals surface area contributed by atoms with Gasteiger partial charge < -0.3 is 14.8 Å². The highest BCUT2D eigenvalue weighted by atomic mass is 16.3. The Morgan fingerprint density at radius 3 is 2.90 bits per heavy atom. The van der Waals surface area contributed by atoms with Crippen LogP contribution in [-0.4, -0.2) is 17.6 Å². The zero-order valence-corrected chi connectivity index (χ0v) is 11.8. The van der Waals surface area contributed by atoms with Crippen LogP contribution in [0, 0.1) is 18.8 Å². The van der Waals surface area contributed by atoms with E-state index in [0.29, 0.717) is 18.5 Å². The average molecular weight is 283 g/mol.